The molecule has 24 aromatic rings. The smallest absolute Gasteiger partial charge is 0.164 e. The highest BCUT2D eigenvalue weighted by atomic mass is 15.1. The Morgan fingerprint density at radius 3 is 0.667 bits per heavy atom. The van der Waals surface area contributed by atoms with Crippen LogP contribution in [0.1, 0.15) is 17.1 Å². The van der Waals surface area contributed by atoms with E-state index in [1.807, 2.05) is 270 Å². The molecule has 0 aliphatic heterocycles. The van der Waals surface area contributed by atoms with Crippen molar-refractivity contribution in [2.75, 3.05) is 0 Å². The quantitative estimate of drug-likeness (QED) is 0.0653. The zero-order valence-corrected chi connectivity index (χ0v) is 80.4. The summed E-state index contributed by atoms with van der Waals surface area (Å²) in [6.07, 6.45) is 16.0. The Kier molecular flexibility index (Phi) is 27.0. The van der Waals surface area contributed by atoms with Crippen molar-refractivity contribution in [3.63, 3.8) is 0 Å². The van der Waals surface area contributed by atoms with Gasteiger partial charge in [-0.1, -0.05) is 352 Å². The highest BCUT2D eigenvalue weighted by Gasteiger charge is 2.22. The van der Waals surface area contributed by atoms with Crippen molar-refractivity contribution in [3.8, 4) is 236 Å². The molecule has 0 aliphatic carbocycles. The minimum Gasteiger partial charge on any atom is -0.261 e. The van der Waals surface area contributed by atoms with Gasteiger partial charge < -0.3 is 0 Å². The Morgan fingerprint density at radius 1 is 0.136 bits per heavy atom. The van der Waals surface area contributed by atoms with Crippen molar-refractivity contribution in [1.82, 2.24) is 84.7 Å². The molecule has 15 aromatic carbocycles. The number of hydrogen-bond acceptors (Lipinski definition) is 17. The van der Waals surface area contributed by atoms with Crippen LogP contribution in [0, 0.1) is 20.8 Å². The lowest BCUT2D eigenvalue weighted by Crippen LogP contribution is -2.00. The molecule has 147 heavy (non-hydrogen) atoms. The lowest BCUT2D eigenvalue weighted by molar-refractivity contribution is 1.07. The fourth-order valence-electron chi connectivity index (χ4n) is 17.6. The third-order valence-corrected chi connectivity index (χ3v) is 25.5. The lowest BCUT2D eigenvalue weighted by atomic mass is 9.94. The second kappa shape index (κ2) is 43.0. The largest absolute Gasteiger partial charge is 0.261 e. The molecule has 0 spiro atoms. The number of aromatic nitrogens is 17. The molecule has 0 radical (unpaired) electrons. The topological polar surface area (TPSA) is 219 Å². The first kappa shape index (κ1) is 92.1. The molecule has 0 fully saturated rings. The van der Waals surface area contributed by atoms with Gasteiger partial charge in [0.1, 0.15) is 6.33 Å². The molecular formula is C130H91N17. The Labute approximate surface area is 852 Å². The Bertz CT molecular complexity index is 8150. The Hall–Kier alpha value is -19.9. The van der Waals surface area contributed by atoms with Crippen molar-refractivity contribution in [2.45, 2.75) is 20.8 Å². The maximum absolute atomic E-state index is 5.05. The fourth-order valence-corrected chi connectivity index (χ4v) is 17.6. The molecule has 9 heterocycles. The molecule has 9 aromatic heterocycles. The first-order valence-electron chi connectivity index (χ1n) is 48.4. The highest BCUT2D eigenvalue weighted by molar-refractivity contribution is 5.87. The van der Waals surface area contributed by atoms with Gasteiger partial charge in [0.15, 0.2) is 52.4 Å². The van der Waals surface area contributed by atoms with Gasteiger partial charge in [0, 0.05) is 144 Å². The second-order valence-corrected chi connectivity index (χ2v) is 35.4. The third kappa shape index (κ3) is 21.7. The second-order valence-electron chi connectivity index (χ2n) is 35.4. The van der Waals surface area contributed by atoms with Gasteiger partial charge in [-0.05, 0) is 195 Å². The normalized spacial score (nSPS) is 11.0. The Morgan fingerprint density at radius 2 is 0.395 bits per heavy atom. The maximum Gasteiger partial charge on any atom is 0.164 e. The van der Waals surface area contributed by atoms with Crippen LogP contribution in [0.15, 0.2) is 499 Å². The van der Waals surface area contributed by atoms with Crippen LogP contribution < -0.4 is 0 Å². The predicted molar refractivity (Wildman–Crippen MR) is 590 cm³/mol. The van der Waals surface area contributed by atoms with E-state index in [9.17, 15) is 0 Å². The summed E-state index contributed by atoms with van der Waals surface area (Å²) in [4.78, 5) is 80.1. The van der Waals surface area contributed by atoms with Gasteiger partial charge in [-0.2, -0.15) is 0 Å². The molecule has 0 saturated carbocycles. The molecule has 0 aliphatic rings. The van der Waals surface area contributed by atoms with Crippen molar-refractivity contribution in [3.05, 3.63) is 516 Å². The monoisotopic (exact) mass is 1890 g/mol. The summed E-state index contributed by atoms with van der Waals surface area (Å²) < 4.78 is 0. The number of benzene rings is 15. The summed E-state index contributed by atoms with van der Waals surface area (Å²) >= 11 is 0. The van der Waals surface area contributed by atoms with Gasteiger partial charge >= 0.3 is 0 Å². The van der Waals surface area contributed by atoms with Crippen LogP contribution in [0.5, 0.6) is 0 Å². The molecular weight excluding hydrogens is 1800 g/mol. The van der Waals surface area contributed by atoms with E-state index >= 15 is 0 Å². The number of pyridine rings is 4. The van der Waals surface area contributed by atoms with Crippen LogP contribution in [0.4, 0.5) is 0 Å². The molecule has 0 bridgehead atoms. The van der Waals surface area contributed by atoms with Gasteiger partial charge in [-0.25, -0.2) is 54.8 Å². The van der Waals surface area contributed by atoms with E-state index in [0.29, 0.717) is 52.4 Å². The lowest BCUT2D eigenvalue weighted by Gasteiger charge is -2.13. The molecule has 17 nitrogen and oxygen atoms in total. The SMILES string of the molecule is Cc1ccc(-c2ccc(-c3cc(-c4ccc(-c5ccncn5)cc4)cc(-c4nc(-c5ccccc5)nc(-c5ccccc5)n4)c3)cc2)cn1.Cc1ccc(-c2ccc(-c3cc(-c4ccc(-c5cnccn5)cc4)cc(-c4nc(-c5ccccc5)nc(-c5ccccc5)n4)c3)cc2)cn1.Cc1ncccc1-c1ccc(-c2cc(-c3ccc(-c4ccccn4)cc3)cc(-c3nc(-c4ccccc4)nc(-c4ccccc4)n3)c2)cc1. The van der Waals surface area contributed by atoms with Crippen LogP contribution in [0.2, 0.25) is 0 Å². The molecule has 0 atom stereocenters. The summed E-state index contributed by atoms with van der Waals surface area (Å²) in [5.41, 5.74) is 36.6. The number of rotatable bonds is 21. The van der Waals surface area contributed by atoms with Crippen molar-refractivity contribution in [1.29, 1.82) is 0 Å². The molecule has 24 rings (SSSR count). The average molecular weight is 1890 g/mol. The van der Waals surface area contributed by atoms with Crippen LogP contribution in [-0.4, -0.2) is 84.7 Å². The van der Waals surface area contributed by atoms with Crippen LogP contribution in [0.25, 0.3) is 236 Å². The van der Waals surface area contributed by atoms with Crippen LogP contribution >= 0.6 is 0 Å². The van der Waals surface area contributed by atoms with E-state index in [0.717, 1.165) is 201 Å². The summed E-state index contributed by atoms with van der Waals surface area (Å²) in [6.45, 7) is 6.04. The van der Waals surface area contributed by atoms with Crippen molar-refractivity contribution in [2.24, 2.45) is 0 Å². The van der Waals surface area contributed by atoms with Gasteiger partial charge in [-0.15, -0.1) is 0 Å². The molecule has 0 unspecified atom stereocenters. The zero-order valence-electron chi connectivity index (χ0n) is 80.4. The van der Waals surface area contributed by atoms with E-state index in [1.54, 1.807) is 31.1 Å². The predicted octanol–water partition coefficient (Wildman–Crippen LogP) is 30.7. The van der Waals surface area contributed by atoms with E-state index in [2.05, 4.69) is 258 Å². The van der Waals surface area contributed by atoms with Crippen molar-refractivity contribution >= 4 is 0 Å². The standard InChI is InChI=1S/C44H31N5.2C43H30N6/c1-30-40(15-10-26-45-30)33-21-17-31(18-22-33)37-27-38(32-19-23-34(24-20-32)41-16-8-9-25-46-41)29-39(28-37)44-48-42(35-11-4-2-5-12-35)47-43(49-44)36-13-6-3-7-14-36;1-29-12-13-36(27-46-29)30-14-16-31(17-15-30)37-24-38(32-18-20-33(21-19-32)40-28-44-22-23-45-40)26-39(25-37)43-48-41(34-8-4-2-5-9-34)47-42(49-43)35-10-6-3-7-11-35;1-29-12-13-36(27-45-29)30-14-16-31(17-15-30)37-24-38(32-18-20-33(21-19-32)40-22-23-44-28-46-40)26-39(25-37)43-48-41(34-8-4-2-5-9-34)47-42(49-43)35-10-6-3-7-11-35/h2-29H,1H3;2*2-28H,1H3. The summed E-state index contributed by atoms with van der Waals surface area (Å²) in [5.74, 6) is 5.60. The first-order valence-corrected chi connectivity index (χ1v) is 48.4. The maximum atomic E-state index is 5.05. The fraction of sp³-hybridized carbons (Fsp3) is 0.0231. The summed E-state index contributed by atoms with van der Waals surface area (Å²) in [6, 6.07) is 152. The van der Waals surface area contributed by atoms with Crippen LogP contribution in [0.3, 0.4) is 0 Å². The van der Waals surface area contributed by atoms with Crippen LogP contribution in [-0.2, 0) is 0 Å². The molecule has 0 N–H and O–H groups in total. The minimum atomic E-state index is 0.606. The van der Waals surface area contributed by atoms with Crippen molar-refractivity contribution < 1.29 is 0 Å². The third-order valence-electron chi connectivity index (χ3n) is 25.5. The molecule has 0 saturated heterocycles. The molecule has 0 amide bonds. The molecule has 696 valence electrons. The van der Waals surface area contributed by atoms with E-state index in [-0.39, 0.29) is 0 Å². The van der Waals surface area contributed by atoms with Gasteiger partial charge in [0.2, 0.25) is 0 Å². The summed E-state index contributed by atoms with van der Waals surface area (Å²) in [5, 5.41) is 0. The van der Waals surface area contributed by atoms with E-state index in [4.69, 9.17) is 44.9 Å². The van der Waals surface area contributed by atoms with Gasteiger partial charge in [-0.3, -0.25) is 29.9 Å². The van der Waals surface area contributed by atoms with E-state index in [1.165, 1.54) is 0 Å². The van der Waals surface area contributed by atoms with Gasteiger partial charge in [0.25, 0.3) is 0 Å². The van der Waals surface area contributed by atoms with E-state index < -0.39 is 0 Å². The number of aryl methyl sites for hydroxylation is 3. The minimum absolute atomic E-state index is 0.606. The van der Waals surface area contributed by atoms with Gasteiger partial charge in [0.05, 0.1) is 23.3 Å². The highest BCUT2D eigenvalue weighted by Crippen LogP contribution is 2.42. The Balaban J connectivity index is 0.000000125. The molecule has 17 heteroatoms. The summed E-state index contributed by atoms with van der Waals surface area (Å²) in [7, 11) is 0. The number of hydrogen-bond donors (Lipinski definition) is 0. The number of nitrogens with zero attached hydrogens (tertiary/aromatic N) is 17. The average Bonchev–Trinajstić information content (AvgIpc) is 0.784. The first-order chi connectivity index (χ1) is 72.5. The zero-order chi connectivity index (χ0) is 99.0.